The van der Waals surface area contributed by atoms with E-state index in [2.05, 4.69) is 25.2 Å². The Kier molecular flexibility index (Phi) is 6.53. The lowest BCUT2D eigenvalue weighted by atomic mass is 9.87. The van der Waals surface area contributed by atoms with Crippen molar-refractivity contribution in [2.45, 2.75) is 33.1 Å². The highest BCUT2D eigenvalue weighted by Gasteiger charge is 2.22. The van der Waals surface area contributed by atoms with Crippen LogP contribution in [0.25, 0.3) is 11.1 Å². The largest absolute Gasteiger partial charge is 0.342 e. The van der Waals surface area contributed by atoms with E-state index in [1.807, 2.05) is 49.4 Å². The van der Waals surface area contributed by atoms with E-state index in [4.69, 9.17) is 10.5 Å². The van der Waals surface area contributed by atoms with Gasteiger partial charge in [-0.2, -0.15) is 10.5 Å². The first-order valence-electron chi connectivity index (χ1n) is 8.72. The van der Waals surface area contributed by atoms with Crippen molar-refractivity contribution in [1.82, 2.24) is 5.32 Å². The Labute approximate surface area is 155 Å². The molecule has 0 saturated heterocycles. The Balaban J connectivity index is 2.40. The monoisotopic (exact) mass is 345 g/mol. The second kappa shape index (κ2) is 8.83. The topological polar surface area (TPSA) is 76.7 Å². The lowest BCUT2D eigenvalue weighted by Crippen LogP contribution is -2.30. The number of rotatable bonds is 6. The van der Waals surface area contributed by atoms with E-state index in [1.54, 1.807) is 6.07 Å². The molecule has 2 aromatic rings. The molecule has 1 atom stereocenters. The van der Waals surface area contributed by atoms with Crippen molar-refractivity contribution in [1.29, 1.82) is 10.5 Å². The van der Waals surface area contributed by atoms with E-state index in [9.17, 15) is 4.79 Å². The number of carbonyl (C=O) groups excluding carboxylic acids is 1. The molecule has 4 nitrogen and oxygen atoms in total. The maximum Gasteiger partial charge on any atom is 0.228 e. The lowest BCUT2D eigenvalue weighted by Gasteiger charge is -2.19. The standard InChI is InChI=1S/C22H23N3O/c1-15(2)11-21(22(26)25-10-9-23)19-6-4-5-18(13-19)20-8-7-17(14-24)12-16(20)3/h4-8,12-13,15,21H,10-11H2,1-3H3,(H,25,26). The Morgan fingerprint density at radius 1 is 1.15 bits per heavy atom. The minimum atomic E-state index is -0.290. The van der Waals surface area contributed by atoms with E-state index in [0.29, 0.717) is 17.9 Å². The summed E-state index contributed by atoms with van der Waals surface area (Å²) in [5, 5.41) is 20.5. The predicted molar refractivity (Wildman–Crippen MR) is 102 cm³/mol. The van der Waals surface area contributed by atoms with E-state index >= 15 is 0 Å². The lowest BCUT2D eigenvalue weighted by molar-refractivity contribution is -0.122. The third kappa shape index (κ3) is 4.71. The fourth-order valence-corrected chi connectivity index (χ4v) is 3.10. The van der Waals surface area contributed by atoms with E-state index in [0.717, 1.165) is 22.3 Å². The Bertz CT molecular complexity index is 872. The molecule has 0 aromatic heterocycles. The van der Waals surface area contributed by atoms with Gasteiger partial charge in [0.1, 0.15) is 6.54 Å². The van der Waals surface area contributed by atoms with Gasteiger partial charge >= 0.3 is 0 Å². The number of carbonyl (C=O) groups is 1. The number of hydrogen-bond donors (Lipinski definition) is 1. The van der Waals surface area contributed by atoms with Crippen LogP contribution in [0.2, 0.25) is 0 Å². The average molecular weight is 345 g/mol. The van der Waals surface area contributed by atoms with E-state index < -0.39 is 0 Å². The van der Waals surface area contributed by atoms with Crippen LogP contribution >= 0.6 is 0 Å². The van der Waals surface area contributed by atoms with Crippen LogP contribution in [0.5, 0.6) is 0 Å². The molecule has 2 rings (SSSR count). The smallest absolute Gasteiger partial charge is 0.228 e. The Hall–Kier alpha value is -3.11. The molecule has 1 N–H and O–H groups in total. The number of nitriles is 2. The molecule has 0 aliphatic rings. The molecule has 0 aliphatic heterocycles. The zero-order chi connectivity index (χ0) is 19.1. The van der Waals surface area contributed by atoms with Crippen LogP contribution in [0.15, 0.2) is 42.5 Å². The molecule has 0 heterocycles. The normalized spacial score (nSPS) is 11.5. The van der Waals surface area contributed by atoms with Crippen molar-refractivity contribution < 1.29 is 4.79 Å². The quantitative estimate of drug-likeness (QED) is 0.793. The van der Waals surface area contributed by atoms with Crippen molar-refractivity contribution in [2.75, 3.05) is 6.54 Å². The first-order valence-corrected chi connectivity index (χ1v) is 8.72. The first-order chi connectivity index (χ1) is 12.5. The molecule has 0 bridgehead atoms. The van der Waals surface area contributed by atoms with Gasteiger partial charge in [-0.25, -0.2) is 0 Å². The van der Waals surface area contributed by atoms with E-state index in [1.165, 1.54) is 0 Å². The van der Waals surface area contributed by atoms with Crippen molar-refractivity contribution in [3.63, 3.8) is 0 Å². The highest BCUT2D eigenvalue weighted by atomic mass is 16.1. The van der Waals surface area contributed by atoms with Crippen molar-refractivity contribution in [2.24, 2.45) is 5.92 Å². The van der Waals surface area contributed by atoms with Gasteiger partial charge in [0, 0.05) is 0 Å². The third-order valence-electron chi connectivity index (χ3n) is 4.32. The minimum absolute atomic E-state index is 0.0157. The summed E-state index contributed by atoms with van der Waals surface area (Å²) in [5.74, 6) is -0.0518. The number of nitrogens with zero attached hydrogens (tertiary/aromatic N) is 2. The fourth-order valence-electron chi connectivity index (χ4n) is 3.10. The third-order valence-corrected chi connectivity index (χ3v) is 4.32. The molecule has 4 heteroatoms. The molecule has 0 fully saturated rings. The average Bonchev–Trinajstić information content (AvgIpc) is 2.64. The molecular weight excluding hydrogens is 322 g/mol. The fraction of sp³-hybridized carbons (Fsp3) is 0.318. The summed E-state index contributed by atoms with van der Waals surface area (Å²) in [6, 6.07) is 17.7. The molecule has 0 saturated carbocycles. The Morgan fingerprint density at radius 3 is 2.54 bits per heavy atom. The summed E-state index contributed by atoms with van der Waals surface area (Å²) in [4.78, 5) is 12.5. The second-order valence-electron chi connectivity index (χ2n) is 6.83. The first kappa shape index (κ1) is 19.2. The summed E-state index contributed by atoms with van der Waals surface area (Å²) in [7, 11) is 0. The second-order valence-corrected chi connectivity index (χ2v) is 6.83. The maximum atomic E-state index is 12.5. The predicted octanol–water partition coefficient (Wildman–Crippen LogP) is 4.30. The maximum absolute atomic E-state index is 12.5. The number of aryl methyl sites for hydroxylation is 1. The van der Waals surface area contributed by atoms with Crippen molar-refractivity contribution in [3.05, 3.63) is 59.2 Å². The van der Waals surface area contributed by atoms with Gasteiger partial charge in [0.2, 0.25) is 5.91 Å². The molecule has 1 unspecified atom stereocenters. The summed E-state index contributed by atoms with van der Waals surface area (Å²) in [6.07, 6.45) is 0.715. The molecule has 1 amide bonds. The van der Waals surface area contributed by atoms with Gasteiger partial charge in [0.15, 0.2) is 0 Å². The Morgan fingerprint density at radius 2 is 1.92 bits per heavy atom. The molecule has 26 heavy (non-hydrogen) atoms. The van der Waals surface area contributed by atoms with Crippen molar-refractivity contribution in [3.8, 4) is 23.3 Å². The molecule has 132 valence electrons. The summed E-state index contributed by atoms with van der Waals surface area (Å²) >= 11 is 0. The van der Waals surface area contributed by atoms with Crippen LogP contribution in [-0.4, -0.2) is 12.5 Å². The molecule has 0 spiro atoms. The highest BCUT2D eigenvalue weighted by molar-refractivity contribution is 5.84. The highest BCUT2D eigenvalue weighted by Crippen LogP contribution is 2.30. The molecule has 2 aromatic carbocycles. The zero-order valence-corrected chi connectivity index (χ0v) is 15.4. The number of nitrogens with one attached hydrogen (secondary N) is 1. The van der Waals surface area contributed by atoms with Crippen LogP contribution in [0.3, 0.4) is 0 Å². The number of benzene rings is 2. The van der Waals surface area contributed by atoms with Crippen LogP contribution < -0.4 is 5.32 Å². The van der Waals surface area contributed by atoms with Gasteiger partial charge in [-0.3, -0.25) is 4.79 Å². The molecular formula is C22H23N3O. The zero-order valence-electron chi connectivity index (χ0n) is 15.4. The van der Waals surface area contributed by atoms with Crippen LogP contribution in [-0.2, 0) is 4.79 Å². The number of hydrogen-bond acceptors (Lipinski definition) is 3. The summed E-state index contributed by atoms with van der Waals surface area (Å²) in [5.41, 5.74) is 4.67. The van der Waals surface area contributed by atoms with Crippen LogP contribution in [0.1, 0.15) is 42.9 Å². The minimum Gasteiger partial charge on any atom is -0.342 e. The number of amides is 1. The summed E-state index contributed by atoms with van der Waals surface area (Å²) in [6.45, 7) is 6.16. The van der Waals surface area contributed by atoms with Crippen molar-refractivity contribution >= 4 is 5.91 Å². The van der Waals surface area contributed by atoms with Gasteiger partial charge in [-0.1, -0.05) is 44.2 Å². The van der Waals surface area contributed by atoms with Gasteiger partial charge in [-0.15, -0.1) is 0 Å². The van der Waals surface area contributed by atoms with E-state index in [-0.39, 0.29) is 18.4 Å². The van der Waals surface area contributed by atoms with Gasteiger partial charge in [0.25, 0.3) is 0 Å². The van der Waals surface area contributed by atoms with Gasteiger partial charge in [0.05, 0.1) is 23.6 Å². The van der Waals surface area contributed by atoms with Crippen LogP contribution in [0.4, 0.5) is 0 Å². The van der Waals surface area contributed by atoms with Gasteiger partial charge < -0.3 is 5.32 Å². The SMILES string of the molecule is Cc1cc(C#N)ccc1-c1cccc(C(CC(C)C)C(=O)NCC#N)c1. The van der Waals surface area contributed by atoms with Gasteiger partial charge in [-0.05, 0) is 53.6 Å². The molecule has 0 aliphatic carbocycles. The molecule has 0 radical (unpaired) electrons. The van der Waals surface area contributed by atoms with Crippen LogP contribution in [0, 0.1) is 35.5 Å². The summed E-state index contributed by atoms with van der Waals surface area (Å²) < 4.78 is 0.